The molecule has 134 valence electrons. The van der Waals surface area contributed by atoms with Crippen molar-refractivity contribution in [1.82, 2.24) is 10.4 Å². The number of nitrogens with zero attached hydrogens (tertiary/aromatic N) is 1. The van der Waals surface area contributed by atoms with E-state index in [0.717, 1.165) is 11.4 Å². The van der Waals surface area contributed by atoms with Gasteiger partial charge in [-0.2, -0.15) is 5.01 Å². The molecule has 2 aromatic carbocycles. The van der Waals surface area contributed by atoms with E-state index in [1.807, 2.05) is 0 Å². The summed E-state index contributed by atoms with van der Waals surface area (Å²) in [6.45, 7) is 4.85. The number of hydrogen-bond acceptors (Lipinski definition) is 4. The number of benzene rings is 2. The lowest BCUT2D eigenvalue weighted by atomic mass is 10.1. The van der Waals surface area contributed by atoms with Crippen molar-refractivity contribution in [1.29, 1.82) is 0 Å². The lowest BCUT2D eigenvalue weighted by molar-refractivity contribution is 0.0518. The zero-order valence-electron chi connectivity index (χ0n) is 14.7. The molecule has 0 radical (unpaired) electrons. The van der Waals surface area contributed by atoms with Gasteiger partial charge >= 0.3 is 0 Å². The zero-order chi connectivity index (χ0) is 18.7. The highest BCUT2D eigenvalue weighted by atomic mass is 16.5. The van der Waals surface area contributed by atoms with E-state index >= 15 is 0 Å². The van der Waals surface area contributed by atoms with Gasteiger partial charge in [-0.15, -0.1) is 0 Å². The van der Waals surface area contributed by atoms with Gasteiger partial charge in [0.05, 0.1) is 17.7 Å². The first-order valence-electron chi connectivity index (χ1n) is 8.49. The highest BCUT2D eigenvalue weighted by molar-refractivity contribution is 6.22. The number of ether oxygens (including phenoxy) is 1. The summed E-state index contributed by atoms with van der Waals surface area (Å²) in [7, 11) is 0. The monoisotopic (exact) mass is 352 g/mol. The van der Waals surface area contributed by atoms with E-state index in [-0.39, 0.29) is 11.1 Å². The van der Waals surface area contributed by atoms with Crippen LogP contribution in [0.2, 0.25) is 0 Å². The normalized spacial score (nSPS) is 13.1. The molecule has 0 atom stereocenters. The molecule has 0 aromatic heterocycles. The van der Waals surface area contributed by atoms with Crippen molar-refractivity contribution in [3.63, 3.8) is 0 Å². The second-order valence-electron chi connectivity index (χ2n) is 6.49. The first-order chi connectivity index (χ1) is 12.5. The molecular formula is C20H20N2O4. The predicted molar refractivity (Wildman–Crippen MR) is 95.8 cm³/mol. The SMILES string of the molecule is CC(C)CCOc1ccc(C(=O)NN2C(=O)c3ccccc3C2=O)cc1. The van der Waals surface area contributed by atoms with Crippen LogP contribution in [0.25, 0.3) is 0 Å². The van der Waals surface area contributed by atoms with Crippen LogP contribution in [-0.4, -0.2) is 29.3 Å². The summed E-state index contributed by atoms with van der Waals surface area (Å²) >= 11 is 0. The molecule has 1 aliphatic rings. The third kappa shape index (κ3) is 3.59. The number of hydrazine groups is 1. The maximum absolute atomic E-state index is 12.4. The predicted octanol–water partition coefficient (Wildman–Crippen LogP) is 3.05. The van der Waals surface area contributed by atoms with Gasteiger partial charge in [-0.05, 0) is 48.7 Å². The minimum absolute atomic E-state index is 0.284. The van der Waals surface area contributed by atoms with Crippen LogP contribution in [0.5, 0.6) is 5.75 Å². The molecule has 0 unspecified atom stereocenters. The number of nitrogens with one attached hydrogen (secondary N) is 1. The summed E-state index contributed by atoms with van der Waals surface area (Å²) in [6.07, 6.45) is 0.946. The van der Waals surface area contributed by atoms with E-state index in [4.69, 9.17) is 4.74 Å². The van der Waals surface area contributed by atoms with Crippen molar-refractivity contribution >= 4 is 17.7 Å². The second-order valence-corrected chi connectivity index (χ2v) is 6.49. The fourth-order valence-corrected chi connectivity index (χ4v) is 2.57. The summed E-state index contributed by atoms with van der Waals surface area (Å²) < 4.78 is 5.61. The molecule has 6 nitrogen and oxygen atoms in total. The Morgan fingerprint density at radius 1 is 1.00 bits per heavy atom. The second kappa shape index (κ2) is 7.39. The lowest BCUT2D eigenvalue weighted by Crippen LogP contribution is -2.45. The van der Waals surface area contributed by atoms with Crippen molar-refractivity contribution in [3.8, 4) is 5.75 Å². The van der Waals surface area contributed by atoms with Gasteiger partial charge in [0.25, 0.3) is 17.7 Å². The molecule has 0 saturated heterocycles. The van der Waals surface area contributed by atoms with Crippen LogP contribution in [-0.2, 0) is 0 Å². The summed E-state index contributed by atoms with van der Waals surface area (Å²) in [5, 5.41) is 0.750. The Bertz CT molecular complexity index is 808. The molecule has 0 aliphatic carbocycles. The van der Waals surface area contributed by atoms with E-state index < -0.39 is 17.7 Å². The van der Waals surface area contributed by atoms with Gasteiger partial charge in [-0.3, -0.25) is 19.8 Å². The molecule has 2 aromatic rings. The molecule has 6 heteroatoms. The van der Waals surface area contributed by atoms with E-state index in [9.17, 15) is 14.4 Å². The summed E-state index contributed by atoms with van der Waals surface area (Å²) in [5.74, 6) is -0.379. The average molecular weight is 352 g/mol. The van der Waals surface area contributed by atoms with Crippen LogP contribution in [0.15, 0.2) is 48.5 Å². The fourth-order valence-electron chi connectivity index (χ4n) is 2.57. The van der Waals surface area contributed by atoms with Crippen LogP contribution in [0.4, 0.5) is 0 Å². The van der Waals surface area contributed by atoms with Crippen LogP contribution < -0.4 is 10.2 Å². The molecule has 0 saturated carbocycles. The van der Waals surface area contributed by atoms with Crippen molar-refractivity contribution < 1.29 is 19.1 Å². The summed E-state index contributed by atoms with van der Waals surface area (Å²) in [5.41, 5.74) is 3.27. The van der Waals surface area contributed by atoms with Crippen LogP contribution >= 0.6 is 0 Å². The third-order valence-electron chi connectivity index (χ3n) is 4.09. The Balaban J connectivity index is 1.64. The van der Waals surface area contributed by atoms with Crippen molar-refractivity contribution in [2.24, 2.45) is 5.92 Å². The molecule has 1 heterocycles. The smallest absolute Gasteiger partial charge is 0.280 e. The first kappa shape index (κ1) is 17.7. The number of carbonyl (C=O) groups is 3. The van der Waals surface area contributed by atoms with E-state index in [1.54, 1.807) is 48.5 Å². The van der Waals surface area contributed by atoms with Crippen molar-refractivity contribution in [2.45, 2.75) is 20.3 Å². The Hall–Kier alpha value is -3.15. The molecule has 0 bridgehead atoms. The molecule has 0 spiro atoms. The zero-order valence-corrected chi connectivity index (χ0v) is 14.7. The van der Waals surface area contributed by atoms with Gasteiger partial charge in [0.15, 0.2) is 0 Å². The van der Waals surface area contributed by atoms with Gasteiger partial charge in [-0.1, -0.05) is 26.0 Å². The third-order valence-corrected chi connectivity index (χ3v) is 4.09. The highest BCUT2D eigenvalue weighted by Gasteiger charge is 2.36. The van der Waals surface area contributed by atoms with E-state index in [1.165, 1.54) is 0 Å². The Labute approximate surface area is 151 Å². The van der Waals surface area contributed by atoms with E-state index in [2.05, 4.69) is 19.3 Å². The van der Waals surface area contributed by atoms with Gasteiger partial charge in [0.2, 0.25) is 0 Å². The minimum atomic E-state index is -0.535. The van der Waals surface area contributed by atoms with Crippen LogP contribution in [0.3, 0.4) is 0 Å². The molecule has 1 aliphatic heterocycles. The van der Waals surface area contributed by atoms with Gasteiger partial charge in [0, 0.05) is 5.56 Å². The molecule has 3 rings (SSSR count). The fraction of sp³-hybridized carbons (Fsp3) is 0.250. The highest BCUT2D eigenvalue weighted by Crippen LogP contribution is 2.21. The number of fused-ring (bicyclic) bond motifs is 1. The molecular weight excluding hydrogens is 332 g/mol. The number of carbonyl (C=O) groups excluding carboxylic acids is 3. The Morgan fingerprint density at radius 2 is 1.58 bits per heavy atom. The van der Waals surface area contributed by atoms with Crippen molar-refractivity contribution in [2.75, 3.05) is 6.61 Å². The number of hydrogen-bond donors (Lipinski definition) is 1. The number of imide groups is 1. The van der Waals surface area contributed by atoms with Crippen LogP contribution in [0, 0.1) is 5.92 Å². The van der Waals surface area contributed by atoms with Gasteiger partial charge in [0.1, 0.15) is 5.75 Å². The standard InChI is InChI=1S/C20H20N2O4/c1-13(2)11-12-26-15-9-7-14(8-10-15)18(23)21-22-19(24)16-5-3-4-6-17(16)20(22)25/h3-10,13H,11-12H2,1-2H3,(H,21,23). The summed E-state index contributed by atoms with van der Waals surface area (Å²) in [4.78, 5) is 36.9. The molecule has 0 fully saturated rings. The molecule has 3 amide bonds. The topological polar surface area (TPSA) is 75.7 Å². The molecule has 26 heavy (non-hydrogen) atoms. The quantitative estimate of drug-likeness (QED) is 0.811. The molecule has 1 N–H and O–H groups in total. The largest absolute Gasteiger partial charge is 0.494 e. The maximum atomic E-state index is 12.4. The summed E-state index contributed by atoms with van der Waals surface area (Å²) in [6, 6.07) is 13.0. The minimum Gasteiger partial charge on any atom is -0.494 e. The first-order valence-corrected chi connectivity index (χ1v) is 8.49. The van der Waals surface area contributed by atoms with Gasteiger partial charge < -0.3 is 4.74 Å². The maximum Gasteiger partial charge on any atom is 0.280 e. The Morgan fingerprint density at radius 3 is 2.12 bits per heavy atom. The number of amides is 3. The van der Waals surface area contributed by atoms with Gasteiger partial charge in [-0.25, -0.2) is 0 Å². The lowest BCUT2D eigenvalue weighted by Gasteiger charge is -2.15. The number of rotatable bonds is 6. The Kier molecular flexibility index (Phi) is 5.02. The average Bonchev–Trinajstić information content (AvgIpc) is 2.87. The van der Waals surface area contributed by atoms with E-state index in [0.29, 0.717) is 23.8 Å². The van der Waals surface area contributed by atoms with Crippen LogP contribution in [0.1, 0.15) is 51.3 Å². The van der Waals surface area contributed by atoms with Crippen molar-refractivity contribution in [3.05, 3.63) is 65.2 Å².